The molecule has 0 saturated heterocycles. The molecule has 1 heterocycles. The van der Waals surface area contributed by atoms with Crippen LogP contribution in [0.15, 0.2) is 38.9 Å². The molecule has 0 aliphatic rings. The number of nitrogens with zero attached hydrogens (tertiary/aromatic N) is 1. The molecule has 0 unspecified atom stereocenters. The zero-order valence-corrected chi connectivity index (χ0v) is 19.6. The van der Waals surface area contributed by atoms with Crippen LogP contribution >= 0.6 is 23.1 Å². The van der Waals surface area contributed by atoms with Gasteiger partial charge in [0, 0.05) is 17.1 Å². The van der Waals surface area contributed by atoms with E-state index in [1.807, 2.05) is 0 Å². The fraction of sp³-hybridized carbons (Fsp3) is 0.421. The van der Waals surface area contributed by atoms with Gasteiger partial charge >= 0.3 is 5.97 Å². The number of ether oxygens (including phenoxy) is 1. The Hall–Kier alpha value is -1.95. The van der Waals surface area contributed by atoms with E-state index in [4.69, 9.17) is 4.74 Å². The zero-order valence-electron chi connectivity index (χ0n) is 17.2. The van der Waals surface area contributed by atoms with E-state index in [0.29, 0.717) is 22.3 Å². The highest BCUT2D eigenvalue weighted by Crippen LogP contribution is 2.28. The second-order valence-corrected chi connectivity index (χ2v) is 10.8. The lowest BCUT2D eigenvalue weighted by Crippen LogP contribution is -2.30. The minimum atomic E-state index is -3.58. The molecule has 2 N–H and O–H groups in total. The maximum absolute atomic E-state index is 12.5. The number of benzene rings is 1. The molecular weight excluding hydrogens is 446 g/mol. The van der Waals surface area contributed by atoms with Crippen molar-refractivity contribution in [2.45, 2.75) is 54.6 Å². The Kier molecular flexibility index (Phi) is 8.83. The number of hydrogen-bond donors (Lipinski definition) is 2. The van der Waals surface area contributed by atoms with Crippen molar-refractivity contribution in [3.8, 4) is 0 Å². The molecule has 0 saturated carbocycles. The normalized spacial score (nSPS) is 12.6. The van der Waals surface area contributed by atoms with Crippen molar-refractivity contribution in [2.75, 3.05) is 11.9 Å². The third-order valence-corrected chi connectivity index (χ3v) is 7.43. The number of amides is 1. The van der Waals surface area contributed by atoms with Crippen LogP contribution in [0.3, 0.4) is 0 Å². The molecule has 164 valence electrons. The molecule has 1 atom stereocenters. The summed E-state index contributed by atoms with van der Waals surface area (Å²) in [5.41, 5.74) is 1.11. The van der Waals surface area contributed by atoms with Gasteiger partial charge in [-0.2, -0.15) is 0 Å². The number of carbonyl (C=O) groups is 2. The molecule has 2 rings (SSSR count). The lowest BCUT2D eigenvalue weighted by molar-refractivity contribution is -0.142. The third-order valence-electron chi connectivity index (χ3n) is 3.63. The van der Waals surface area contributed by atoms with Gasteiger partial charge in [-0.05, 0) is 52.0 Å². The number of thioether (sulfide) groups is 1. The van der Waals surface area contributed by atoms with Gasteiger partial charge in [-0.15, -0.1) is 11.3 Å². The van der Waals surface area contributed by atoms with Gasteiger partial charge in [-0.25, -0.2) is 18.1 Å². The molecule has 2 aromatic rings. The van der Waals surface area contributed by atoms with Gasteiger partial charge in [0.1, 0.15) is 0 Å². The summed E-state index contributed by atoms with van der Waals surface area (Å²) in [6.07, 6.45) is 0.104. The van der Waals surface area contributed by atoms with Crippen LogP contribution in [-0.2, 0) is 30.8 Å². The number of thiazole rings is 1. The van der Waals surface area contributed by atoms with Crippen LogP contribution in [0.2, 0.25) is 0 Å². The molecule has 0 aliphatic heterocycles. The van der Waals surface area contributed by atoms with Crippen LogP contribution in [-0.4, -0.2) is 43.2 Å². The van der Waals surface area contributed by atoms with Crippen molar-refractivity contribution in [3.63, 3.8) is 0 Å². The molecule has 1 aromatic heterocycles. The number of anilines is 1. The Morgan fingerprint density at radius 3 is 2.47 bits per heavy atom. The predicted molar refractivity (Wildman–Crippen MR) is 118 cm³/mol. The molecule has 0 bridgehead atoms. The number of rotatable bonds is 10. The first-order chi connectivity index (χ1) is 14.1. The van der Waals surface area contributed by atoms with Crippen molar-refractivity contribution in [3.05, 3.63) is 35.3 Å². The summed E-state index contributed by atoms with van der Waals surface area (Å²) >= 11 is 2.65. The lowest BCUT2D eigenvalue weighted by atomic mass is 10.3. The van der Waals surface area contributed by atoms with Crippen LogP contribution in [0.5, 0.6) is 0 Å². The summed E-state index contributed by atoms with van der Waals surface area (Å²) in [5, 5.41) is 4.10. The number of carbonyl (C=O) groups excluding carboxylic acids is 2. The Balaban J connectivity index is 1.93. The van der Waals surface area contributed by atoms with E-state index >= 15 is 0 Å². The summed E-state index contributed by atoms with van der Waals surface area (Å²) < 4.78 is 32.4. The molecule has 8 nitrogen and oxygen atoms in total. The van der Waals surface area contributed by atoms with Gasteiger partial charge in [0.05, 0.1) is 28.9 Å². The van der Waals surface area contributed by atoms with Crippen LogP contribution < -0.4 is 10.0 Å². The zero-order chi connectivity index (χ0) is 22.3. The summed E-state index contributed by atoms with van der Waals surface area (Å²) in [6.45, 7) is 7.30. The van der Waals surface area contributed by atoms with Gasteiger partial charge in [0.2, 0.25) is 15.9 Å². The summed E-state index contributed by atoms with van der Waals surface area (Å²) in [4.78, 5) is 28.5. The summed E-state index contributed by atoms with van der Waals surface area (Å²) in [6, 6.07) is 5.77. The molecule has 30 heavy (non-hydrogen) atoms. The fourth-order valence-corrected chi connectivity index (χ4v) is 5.56. The Morgan fingerprint density at radius 1 is 1.20 bits per heavy atom. The first-order valence-electron chi connectivity index (χ1n) is 9.30. The van der Waals surface area contributed by atoms with E-state index in [9.17, 15) is 18.0 Å². The van der Waals surface area contributed by atoms with E-state index in [1.165, 1.54) is 35.2 Å². The molecule has 11 heteroatoms. The second kappa shape index (κ2) is 10.9. The Bertz CT molecular complexity index is 972. The van der Waals surface area contributed by atoms with Gasteiger partial charge in [-0.1, -0.05) is 11.8 Å². The standard InChI is InChI=1S/C19H25N3O5S3/c1-5-27-17(23)10-15-11-28-19(21-15)29-13(4)18(24)20-14-6-8-16(9-7-14)30(25,26)22-12(2)3/h6-9,11-13,22H,5,10H2,1-4H3,(H,20,24)/t13-/m1/s1. The van der Waals surface area contributed by atoms with E-state index in [2.05, 4.69) is 15.0 Å². The number of aromatic nitrogens is 1. The van der Waals surface area contributed by atoms with E-state index < -0.39 is 15.3 Å². The SMILES string of the molecule is CCOC(=O)Cc1csc(S[C@H](C)C(=O)Nc2ccc(S(=O)(=O)NC(C)C)cc2)n1. The molecule has 0 radical (unpaired) electrons. The minimum Gasteiger partial charge on any atom is -0.466 e. The van der Waals surface area contributed by atoms with E-state index in [1.54, 1.807) is 45.2 Å². The first-order valence-corrected chi connectivity index (χ1v) is 12.5. The van der Waals surface area contributed by atoms with E-state index in [0.717, 1.165) is 0 Å². The largest absolute Gasteiger partial charge is 0.466 e. The van der Waals surface area contributed by atoms with E-state index in [-0.39, 0.29) is 29.2 Å². The van der Waals surface area contributed by atoms with Gasteiger partial charge in [-0.3, -0.25) is 9.59 Å². The molecule has 1 amide bonds. The minimum absolute atomic E-state index is 0.104. The second-order valence-electron chi connectivity index (χ2n) is 6.64. The van der Waals surface area contributed by atoms with Crippen molar-refractivity contribution in [1.82, 2.24) is 9.71 Å². The number of esters is 1. The average Bonchev–Trinajstić information content (AvgIpc) is 3.07. The topological polar surface area (TPSA) is 114 Å². The average molecular weight is 472 g/mol. The fourth-order valence-electron chi connectivity index (χ4n) is 2.33. The lowest BCUT2D eigenvalue weighted by Gasteiger charge is -2.12. The number of hydrogen-bond acceptors (Lipinski definition) is 8. The predicted octanol–water partition coefficient (Wildman–Crippen LogP) is 3.05. The number of sulfonamides is 1. The number of nitrogens with one attached hydrogen (secondary N) is 2. The highest BCUT2D eigenvalue weighted by atomic mass is 32.2. The maximum Gasteiger partial charge on any atom is 0.311 e. The summed E-state index contributed by atoms with van der Waals surface area (Å²) in [5.74, 6) is -0.572. The van der Waals surface area contributed by atoms with Crippen molar-refractivity contribution < 1.29 is 22.7 Å². The molecule has 0 spiro atoms. The van der Waals surface area contributed by atoms with Crippen molar-refractivity contribution in [2.24, 2.45) is 0 Å². The van der Waals surface area contributed by atoms with Gasteiger partial charge < -0.3 is 10.1 Å². The molecule has 0 aliphatic carbocycles. The quantitative estimate of drug-likeness (QED) is 0.404. The van der Waals surface area contributed by atoms with Crippen molar-refractivity contribution >= 4 is 50.7 Å². The smallest absolute Gasteiger partial charge is 0.311 e. The van der Waals surface area contributed by atoms with Crippen LogP contribution in [0, 0.1) is 0 Å². The van der Waals surface area contributed by atoms with Gasteiger partial charge in [0.15, 0.2) is 4.34 Å². The van der Waals surface area contributed by atoms with Crippen molar-refractivity contribution in [1.29, 1.82) is 0 Å². The van der Waals surface area contributed by atoms with Crippen LogP contribution in [0.4, 0.5) is 5.69 Å². The molecule has 0 fully saturated rings. The highest BCUT2D eigenvalue weighted by molar-refractivity contribution is 8.02. The first kappa shape index (κ1) is 24.3. The summed E-state index contributed by atoms with van der Waals surface area (Å²) in [7, 11) is -3.58. The highest BCUT2D eigenvalue weighted by Gasteiger charge is 2.19. The van der Waals surface area contributed by atoms with Crippen LogP contribution in [0.25, 0.3) is 0 Å². The third kappa shape index (κ3) is 7.38. The van der Waals surface area contributed by atoms with Gasteiger partial charge in [0.25, 0.3) is 0 Å². The molecule has 1 aromatic carbocycles. The van der Waals surface area contributed by atoms with Crippen LogP contribution in [0.1, 0.15) is 33.4 Å². The Labute approximate surface area is 184 Å². The monoisotopic (exact) mass is 471 g/mol. The Morgan fingerprint density at radius 2 is 1.87 bits per heavy atom. The maximum atomic E-state index is 12.5. The molecular formula is C19H25N3O5S3.